The van der Waals surface area contributed by atoms with Crippen molar-refractivity contribution in [2.24, 2.45) is 5.73 Å². The molecule has 126 valence electrons. The van der Waals surface area contributed by atoms with Crippen molar-refractivity contribution in [3.05, 3.63) is 22.4 Å². The number of nitrogens with zero attached hydrogens (tertiary/aromatic N) is 1. The molecular weight excluding hydrogens is 314 g/mol. The quantitative estimate of drug-likeness (QED) is 0.767. The predicted octanol–water partition coefficient (Wildman–Crippen LogP) is 1.49. The number of aryl methyl sites for hydroxylation is 1. The molecule has 2 amide bonds. The molecule has 1 saturated heterocycles. The summed E-state index contributed by atoms with van der Waals surface area (Å²) in [7, 11) is 0. The molecule has 7 heteroatoms. The van der Waals surface area contributed by atoms with Gasteiger partial charge in [0.1, 0.15) is 5.03 Å². The van der Waals surface area contributed by atoms with Crippen LogP contribution < -0.4 is 11.1 Å². The summed E-state index contributed by atoms with van der Waals surface area (Å²) in [6, 6.07) is 0. The number of thioether (sulfide) groups is 1. The summed E-state index contributed by atoms with van der Waals surface area (Å²) in [5.41, 5.74) is 8.50. The number of nitrogens with one attached hydrogen (secondary N) is 1. The van der Waals surface area contributed by atoms with E-state index >= 15 is 0 Å². The maximum Gasteiger partial charge on any atom is 0.251 e. The zero-order chi connectivity index (χ0) is 17.0. The van der Waals surface area contributed by atoms with E-state index in [1.54, 1.807) is 0 Å². The fourth-order valence-corrected chi connectivity index (χ4v) is 3.49. The number of ether oxygens (including phenoxy) is 1. The summed E-state index contributed by atoms with van der Waals surface area (Å²) < 4.78 is 5.47. The first-order valence-corrected chi connectivity index (χ1v) is 8.67. The van der Waals surface area contributed by atoms with Gasteiger partial charge in [-0.25, -0.2) is 4.98 Å². The molecule has 0 radical (unpaired) electrons. The van der Waals surface area contributed by atoms with Crippen molar-refractivity contribution >= 4 is 23.6 Å². The molecule has 0 aromatic carbocycles. The summed E-state index contributed by atoms with van der Waals surface area (Å²) >= 11 is 1.24. The van der Waals surface area contributed by atoms with Gasteiger partial charge in [-0.1, -0.05) is 11.8 Å². The van der Waals surface area contributed by atoms with Crippen LogP contribution in [0, 0.1) is 20.8 Å². The molecule has 1 fully saturated rings. The van der Waals surface area contributed by atoms with Gasteiger partial charge in [-0.3, -0.25) is 9.59 Å². The molecule has 3 N–H and O–H groups in total. The second kappa shape index (κ2) is 7.79. The van der Waals surface area contributed by atoms with Crippen molar-refractivity contribution < 1.29 is 14.3 Å². The fourth-order valence-electron chi connectivity index (χ4n) is 2.52. The maximum absolute atomic E-state index is 12.0. The number of rotatable bonds is 6. The Morgan fingerprint density at radius 2 is 2.09 bits per heavy atom. The normalized spacial score (nSPS) is 17.3. The van der Waals surface area contributed by atoms with Gasteiger partial charge in [0.25, 0.3) is 5.91 Å². The van der Waals surface area contributed by atoms with Crippen molar-refractivity contribution in [3.8, 4) is 0 Å². The molecule has 1 aromatic heterocycles. The molecule has 0 bridgehead atoms. The monoisotopic (exact) mass is 337 g/mol. The topological polar surface area (TPSA) is 94.3 Å². The van der Waals surface area contributed by atoms with E-state index in [-0.39, 0.29) is 17.8 Å². The molecule has 6 nitrogen and oxygen atoms in total. The van der Waals surface area contributed by atoms with Crippen LogP contribution in [0.5, 0.6) is 0 Å². The molecule has 2 heterocycles. The van der Waals surface area contributed by atoms with Gasteiger partial charge >= 0.3 is 0 Å². The van der Waals surface area contributed by atoms with Crippen molar-refractivity contribution in [1.82, 2.24) is 10.3 Å². The number of amides is 2. The number of carbonyl (C=O) groups excluding carboxylic acids is 2. The summed E-state index contributed by atoms with van der Waals surface area (Å²) in [6.07, 6.45) is 2.15. The Kier molecular flexibility index (Phi) is 6.01. The highest BCUT2D eigenvalue weighted by atomic mass is 32.2. The Morgan fingerprint density at radius 3 is 2.70 bits per heavy atom. The van der Waals surface area contributed by atoms with E-state index in [1.807, 2.05) is 20.8 Å². The largest absolute Gasteiger partial charge is 0.376 e. The van der Waals surface area contributed by atoms with Crippen LogP contribution >= 0.6 is 11.8 Å². The smallest absolute Gasteiger partial charge is 0.251 e. The molecule has 23 heavy (non-hydrogen) atoms. The third-order valence-corrected chi connectivity index (χ3v) is 5.08. The molecule has 0 saturated carbocycles. The van der Waals surface area contributed by atoms with Gasteiger partial charge in [-0.15, -0.1) is 0 Å². The van der Waals surface area contributed by atoms with Crippen LogP contribution in [0.15, 0.2) is 5.03 Å². The van der Waals surface area contributed by atoms with E-state index in [9.17, 15) is 9.59 Å². The minimum atomic E-state index is -0.514. The number of carbonyl (C=O) groups is 2. The van der Waals surface area contributed by atoms with Crippen molar-refractivity contribution in [1.29, 1.82) is 0 Å². The van der Waals surface area contributed by atoms with Crippen molar-refractivity contribution in [2.45, 2.75) is 44.7 Å². The van der Waals surface area contributed by atoms with Crippen LogP contribution in [0.1, 0.15) is 40.0 Å². The van der Waals surface area contributed by atoms with Crippen LogP contribution in [0.25, 0.3) is 0 Å². The molecule has 1 aromatic rings. The first-order valence-electron chi connectivity index (χ1n) is 7.68. The Hall–Kier alpha value is -1.60. The van der Waals surface area contributed by atoms with E-state index in [4.69, 9.17) is 10.5 Å². The Morgan fingerprint density at radius 1 is 1.35 bits per heavy atom. The molecule has 2 rings (SSSR count). The average Bonchev–Trinajstić information content (AvgIpc) is 3.01. The second-order valence-corrected chi connectivity index (χ2v) is 6.68. The molecular formula is C16H23N3O3S. The van der Waals surface area contributed by atoms with Gasteiger partial charge in [0.05, 0.1) is 17.4 Å². The Balaban J connectivity index is 1.99. The van der Waals surface area contributed by atoms with Gasteiger partial charge in [-0.05, 0) is 44.7 Å². The molecule has 0 unspecified atom stereocenters. The SMILES string of the molecule is Cc1nc(SCC(=O)NC[C@H]2CCCO2)c(C(N)=O)c(C)c1C. The molecule has 1 atom stereocenters. The van der Waals surface area contributed by atoms with Crippen molar-refractivity contribution in [3.63, 3.8) is 0 Å². The summed E-state index contributed by atoms with van der Waals surface area (Å²) in [6.45, 7) is 6.94. The van der Waals surface area contributed by atoms with Gasteiger partial charge in [-0.2, -0.15) is 0 Å². The van der Waals surface area contributed by atoms with Crippen LogP contribution in [-0.4, -0.2) is 41.8 Å². The van der Waals surface area contributed by atoms with E-state index in [2.05, 4.69) is 10.3 Å². The highest BCUT2D eigenvalue weighted by Crippen LogP contribution is 2.26. The van der Waals surface area contributed by atoms with Gasteiger partial charge in [0.15, 0.2) is 0 Å². The predicted molar refractivity (Wildman–Crippen MR) is 89.7 cm³/mol. The van der Waals surface area contributed by atoms with E-state index in [0.717, 1.165) is 36.3 Å². The lowest BCUT2D eigenvalue weighted by Crippen LogP contribution is -2.33. The zero-order valence-electron chi connectivity index (χ0n) is 13.8. The van der Waals surface area contributed by atoms with Crippen LogP contribution in [0.3, 0.4) is 0 Å². The number of hydrogen-bond acceptors (Lipinski definition) is 5. The minimum Gasteiger partial charge on any atom is -0.376 e. The Bertz CT molecular complexity index is 613. The highest BCUT2D eigenvalue weighted by Gasteiger charge is 2.19. The first kappa shape index (κ1) is 17.7. The van der Waals surface area contributed by atoms with Gasteiger partial charge in [0.2, 0.25) is 5.91 Å². The maximum atomic E-state index is 12.0. The lowest BCUT2D eigenvalue weighted by Gasteiger charge is -2.14. The number of aromatic nitrogens is 1. The number of primary amides is 1. The molecule has 1 aliphatic heterocycles. The number of pyridine rings is 1. The Labute approximate surface area is 140 Å². The fraction of sp³-hybridized carbons (Fsp3) is 0.562. The number of hydrogen-bond donors (Lipinski definition) is 2. The van der Waals surface area contributed by atoms with Crippen LogP contribution in [-0.2, 0) is 9.53 Å². The standard InChI is InChI=1S/C16H23N3O3S/c1-9-10(2)14(15(17)21)16(19-11(9)3)23-8-13(20)18-7-12-5-4-6-22-12/h12H,4-8H2,1-3H3,(H2,17,21)(H,18,20)/t12-/m1/s1. The van der Waals surface area contributed by atoms with Crippen molar-refractivity contribution in [2.75, 3.05) is 18.9 Å². The summed E-state index contributed by atoms with van der Waals surface area (Å²) in [5.74, 6) is -0.416. The summed E-state index contributed by atoms with van der Waals surface area (Å²) in [4.78, 5) is 28.1. The minimum absolute atomic E-state index is 0.0985. The van der Waals surface area contributed by atoms with Gasteiger partial charge < -0.3 is 15.8 Å². The van der Waals surface area contributed by atoms with Crippen LogP contribution in [0.2, 0.25) is 0 Å². The van der Waals surface area contributed by atoms with Crippen LogP contribution in [0.4, 0.5) is 0 Å². The molecule has 0 spiro atoms. The van der Waals surface area contributed by atoms with E-state index in [0.29, 0.717) is 17.1 Å². The third kappa shape index (κ3) is 4.45. The van der Waals surface area contributed by atoms with Gasteiger partial charge in [0, 0.05) is 18.8 Å². The third-order valence-electron chi connectivity index (χ3n) is 4.10. The zero-order valence-corrected chi connectivity index (χ0v) is 14.6. The first-order chi connectivity index (χ1) is 10.9. The van der Waals surface area contributed by atoms with E-state index < -0.39 is 5.91 Å². The molecule has 1 aliphatic rings. The van der Waals surface area contributed by atoms with E-state index in [1.165, 1.54) is 11.8 Å². The summed E-state index contributed by atoms with van der Waals surface area (Å²) in [5, 5.41) is 3.37. The highest BCUT2D eigenvalue weighted by molar-refractivity contribution is 8.00. The lowest BCUT2D eigenvalue weighted by molar-refractivity contribution is -0.119. The lowest BCUT2D eigenvalue weighted by atomic mass is 10.0. The molecule has 0 aliphatic carbocycles. The second-order valence-electron chi connectivity index (χ2n) is 5.72. The number of nitrogens with two attached hydrogens (primary N) is 1. The average molecular weight is 337 g/mol.